The zero-order valence-corrected chi connectivity index (χ0v) is 11.6. The van der Waals surface area contributed by atoms with Gasteiger partial charge in [0, 0.05) is 25.8 Å². The lowest BCUT2D eigenvalue weighted by molar-refractivity contribution is 0.244. The third-order valence-corrected chi connectivity index (χ3v) is 4.59. The number of anilines is 1. The minimum atomic E-state index is 0.276. The Balaban J connectivity index is 1.62. The van der Waals surface area contributed by atoms with E-state index in [4.69, 9.17) is 10.2 Å². The van der Waals surface area contributed by atoms with E-state index in [-0.39, 0.29) is 6.61 Å². The molecular weight excluding hydrogens is 238 g/mol. The summed E-state index contributed by atoms with van der Waals surface area (Å²) in [6.07, 6.45) is 8.98. The first kappa shape index (κ1) is 13.0. The summed E-state index contributed by atoms with van der Waals surface area (Å²) in [6.45, 7) is 2.20. The van der Waals surface area contributed by atoms with Crippen molar-refractivity contribution in [2.75, 3.05) is 18.5 Å². The second-order valence-electron chi connectivity index (χ2n) is 6.17. The Kier molecular flexibility index (Phi) is 4.06. The Morgan fingerprint density at radius 1 is 1.26 bits per heavy atom. The molecule has 2 heterocycles. The summed E-state index contributed by atoms with van der Waals surface area (Å²) in [4.78, 5) is 0. The topological polar surface area (TPSA) is 50.1 Å². The average Bonchev–Trinajstić information content (AvgIpc) is 2.82. The molecule has 0 spiro atoms. The fourth-order valence-corrected chi connectivity index (χ4v) is 3.47. The van der Waals surface area contributed by atoms with E-state index in [2.05, 4.69) is 16.1 Å². The molecular formula is C15H25N3O. The lowest BCUT2D eigenvalue weighted by Crippen LogP contribution is -2.28. The lowest BCUT2D eigenvalue weighted by atomic mass is 9.86. The molecule has 2 aliphatic rings. The highest BCUT2D eigenvalue weighted by Gasteiger charge is 2.21. The van der Waals surface area contributed by atoms with Crippen LogP contribution < -0.4 is 5.32 Å². The lowest BCUT2D eigenvalue weighted by Gasteiger charge is -2.24. The molecule has 1 aromatic heterocycles. The Bertz CT molecular complexity index is 410. The summed E-state index contributed by atoms with van der Waals surface area (Å²) >= 11 is 0. The van der Waals surface area contributed by atoms with Crippen molar-refractivity contribution in [2.24, 2.45) is 11.8 Å². The molecule has 0 radical (unpaired) electrons. The summed E-state index contributed by atoms with van der Waals surface area (Å²) in [6, 6.07) is 2.23. The molecule has 1 unspecified atom stereocenters. The Labute approximate surface area is 115 Å². The molecule has 3 rings (SSSR count). The number of nitrogens with zero attached hydrogens (tertiary/aromatic N) is 2. The van der Waals surface area contributed by atoms with E-state index in [0.29, 0.717) is 5.92 Å². The van der Waals surface area contributed by atoms with Crippen molar-refractivity contribution in [3.05, 3.63) is 11.8 Å². The van der Waals surface area contributed by atoms with E-state index in [0.717, 1.165) is 31.8 Å². The van der Waals surface area contributed by atoms with Crippen molar-refractivity contribution in [1.82, 2.24) is 9.78 Å². The zero-order valence-electron chi connectivity index (χ0n) is 11.6. The van der Waals surface area contributed by atoms with Crippen LogP contribution in [-0.2, 0) is 13.0 Å². The molecule has 0 bridgehead atoms. The third kappa shape index (κ3) is 3.11. The summed E-state index contributed by atoms with van der Waals surface area (Å²) < 4.78 is 2.10. The molecule has 1 aliphatic carbocycles. The number of rotatable bonds is 4. The van der Waals surface area contributed by atoms with Crippen LogP contribution in [0.2, 0.25) is 0 Å². The van der Waals surface area contributed by atoms with E-state index in [1.807, 2.05) is 0 Å². The maximum absolute atomic E-state index is 9.03. The van der Waals surface area contributed by atoms with Crippen molar-refractivity contribution >= 4 is 5.82 Å². The van der Waals surface area contributed by atoms with Gasteiger partial charge < -0.3 is 10.4 Å². The fraction of sp³-hybridized carbons (Fsp3) is 0.800. The molecule has 1 aromatic rings. The molecule has 0 amide bonds. The SMILES string of the molecule is OCCC1CNc2cc(CC3CCCCC3)nn2C1. The van der Waals surface area contributed by atoms with Crippen LogP contribution in [-0.4, -0.2) is 28.0 Å². The maximum atomic E-state index is 9.03. The van der Waals surface area contributed by atoms with Crippen LogP contribution in [0, 0.1) is 11.8 Å². The molecule has 19 heavy (non-hydrogen) atoms. The Hall–Kier alpha value is -1.03. The van der Waals surface area contributed by atoms with Gasteiger partial charge >= 0.3 is 0 Å². The van der Waals surface area contributed by atoms with Gasteiger partial charge in [0.25, 0.3) is 0 Å². The molecule has 1 atom stereocenters. The molecule has 106 valence electrons. The third-order valence-electron chi connectivity index (χ3n) is 4.59. The van der Waals surface area contributed by atoms with Crippen molar-refractivity contribution < 1.29 is 5.11 Å². The van der Waals surface area contributed by atoms with Gasteiger partial charge in [-0.3, -0.25) is 0 Å². The number of aromatic nitrogens is 2. The van der Waals surface area contributed by atoms with E-state index in [1.54, 1.807) is 0 Å². The van der Waals surface area contributed by atoms with Gasteiger partial charge in [0.05, 0.1) is 5.69 Å². The first-order valence-corrected chi connectivity index (χ1v) is 7.76. The van der Waals surface area contributed by atoms with Gasteiger partial charge in [-0.05, 0) is 24.7 Å². The van der Waals surface area contributed by atoms with Crippen molar-refractivity contribution in [1.29, 1.82) is 0 Å². The highest BCUT2D eigenvalue weighted by molar-refractivity contribution is 5.38. The highest BCUT2D eigenvalue weighted by atomic mass is 16.3. The van der Waals surface area contributed by atoms with Crippen LogP contribution in [0.5, 0.6) is 0 Å². The predicted octanol–water partition coefficient (Wildman–Crippen LogP) is 2.43. The standard InChI is InChI=1S/C15H25N3O/c19-7-6-13-10-16-15-9-14(17-18(15)11-13)8-12-4-2-1-3-5-12/h9,12-13,16,19H,1-8,10-11H2. The van der Waals surface area contributed by atoms with Gasteiger partial charge in [0.1, 0.15) is 5.82 Å². The quantitative estimate of drug-likeness (QED) is 0.877. The zero-order chi connectivity index (χ0) is 13.1. The van der Waals surface area contributed by atoms with Crippen LogP contribution in [0.1, 0.15) is 44.2 Å². The highest BCUT2D eigenvalue weighted by Crippen LogP contribution is 2.28. The number of hydrogen-bond donors (Lipinski definition) is 2. The Morgan fingerprint density at radius 2 is 2.11 bits per heavy atom. The normalized spacial score (nSPS) is 23.9. The molecule has 4 heteroatoms. The van der Waals surface area contributed by atoms with Gasteiger partial charge in [-0.15, -0.1) is 0 Å². The smallest absolute Gasteiger partial charge is 0.124 e. The van der Waals surface area contributed by atoms with Gasteiger partial charge in [0.2, 0.25) is 0 Å². The first-order valence-electron chi connectivity index (χ1n) is 7.76. The first-order chi connectivity index (χ1) is 9.35. The minimum Gasteiger partial charge on any atom is -0.396 e. The Morgan fingerprint density at radius 3 is 2.89 bits per heavy atom. The van der Waals surface area contributed by atoms with Crippen molar-refractivity contribution in [3.63, 3.8) is 0 Å². The number of nitrogens with one attached hydrogen (secondary N) is 1. The molecule has 0 saturated heterocycles. The predicted molar refractivity (Wildman–Crippen MR) is 76.2 cm³/mol. The number of hydrogen-bond acceptors (Lipinski definition) is 3. The fourth-order valence-electron chi connectivity index (χ4n) is 3.47. The van der Waals surface area contributed by atoms with Crippen molar-refractivity contribution in [3.8, 4) is 0 Å². The van der Waals surface area contributed by atoms with Crippen LogP contribution >= 0.6 is 0 Å². The summed E-state index contributed by atoms with van der Waals surface area (Å²) in [7, 11) is 0. The molecule has 4 nitrogen and oxygen atoms in total. The second kappa shape index (κ2) is 5.95. The molecule has 0 aromatic carbocycles. The molecule has 1 saturated carbocycles. The second-order valence-corrected chi connectivity index (χ2v) is 6.17. The minimum absolute atomic E-state index is 0.276. The van der Waals surface area contributed by atoms with Crippen LogP contribution in [0.4, 0.5) is 5.82 Å². The van der Waals surface area contributed by atoms with E-state index in [9.17, 15) is 0 Å². The van der Waals surface area contributed by atoms with Gasteiger partial charge in [-0.1, -0.05) is 32.1 Å². The number of fused-ring (bicyclic) bond motifs is 1. The molecule has 2 N–H and O–H groups in total. The van der Waals surface area contributed by atoms with Gasteiger partial charge in [-0.2, -0.15) is 5.10 Å². The largest absolute Gasteiger partial charge is 0.396 e. The summed E-state index contributed by atoms with van der Waals surface area (Å²) in [5.41, 5.74) is 1.25. The van der Waals surface area contributed by atoms with Crippen molar-refractivity contribution in [2.45, 2.75) is 51.5 Å². The summed E-state index contributed by atoms with van der Waals surface area (Å²) in [5.74, 6) is 2.53. The van der Waals surface area contributed by atoms with Crippen LogP contribution in [0.25, 0.3) is 0 Å². The van der Waals surface area contributed by atoms with E-state index >= 15 is 0 Å². The van der Waals surface area contributed by atoms with Gasteiger partial charge in [-0.25, -0.2) is 4.68 Å². The summed E-state index contributed by atoms with van der Waals surface area (Å²) in [5, 5.41) is 17.2. The average molecular weight is 263 g/mol. The van der Waals surface area contributed by atoms with Gasteiger partial charge in [0.15, 0.2) is 0 Å². The monoisotopic (exact) mass is 263 g/mol. The van der Waals surface area contributed by atoms with E-state index in [1.165, 1.54) is 43.6 Å². The number of aliphatic hydroxyl groups is 1. The van der Waals surface area contributed by atoms with E-state index < -0.39 is 0 Å². The maximum Gasteiger partial charge on any atom is 0.124 e. The molecule has 1 aliphatic heterocycles. The number of aliphatic hydroxyl groups excluding tert-OH is 1. The molecule has 1 fully saturated rings. The van der Waals surface area contributed by atoms with Crippen LogP contribution in [0.3, 0.4) is 0 Å². The van der Waals surface area contributed by atoms with Crippen LogP contribution in [0.15, 0.2) is 6.07 Å².